The average Bonchev–Trinajstić information content (AvgIpc) is 2.48. The summed E-state index contributed by atoms with van der Waals surface area (Å²) in [4.78, 5) is 3.65. The van der Waals surface area contributed by atoms with E-state index in [0.29, 0.717) is 4.48 Å². The maximum Gasteiger partial charge on any atom is 0.417 e. The zero-order chi connectivity index (χ0) is 16.0. The third-order valence-electron chi connectivity index (χ3n) is 2.56. The molecule has 0 saturated carbocycles. The van der Waals surface area contributed by atoms with Gasteiger partial charge in [-0.3, -0.25) is 5.43 Å². The van der Waals surface area contributed by atoms with Gasteiger partial charge in [-0.05, 0) is 39.7 Å². The van der Waals surface area contributed by atoms with Crippen LogP contribution in [0.5, 0.6) is 0 Å². The number of hydrogen-bond acceptors (Lipinski definition) is 3. The minimum absolute atomic E-state index is 0.226. The summed E-state index contributed by atoms with van der Waals surface area (Å²) in [6.07, 6.45) is -0.291. The summed E-state index contributed by atoms with van der Waals surface area (Å²) in [5.41, 5.74) is 2.76. The molecule has 1 aromatic carbocycles. The van der Waals surface area contributed by atoms with E-state index in [4.69, 9.17) is 0 Å². The monoisotopic (exact) mass is 369 g/mol. The summed E-state index contributed by atoms with van der Waals surface area (Å²) >= 11 is 3.33. The Bertz CT molecular complexity index is 665. The van der Waals surface area contributed by atoms with Crippen molar-refractivity contribution in [2.45, 2.75) is 6.18 Å². The number of pyridine rings is 1. The second-order valence-electron chi connectivity index (χ2n) is 4.24. The Labute approximate surface area is 133 Å². The summed E-state index contributed by atoms with van der Waals surface area (Å²) in [6.45, 7) is 0. The van der Waals surface area contributed by atoms with Crippen LogP contribution in [0.1, 0.15) is 11.1 Å². The van der Waals surface area contributed by atoms with Crippen molar-refractivity contribution in [1.29, 1.82) is 0 Å². The van der Waals surface area contributed by atoms with Gasteiger partial charge in [0.25, 0.3) is 0 Å². The van der Waals surface area contributed by atoms with Crippen molar-refractivity contribution >= 4 is 34.0 Å². The van der Waals surface area contributed by atoms with E-state index in [1.54, 1.807) is 0 Å². The Hall–Kier alpha value is -2.15. The first-order valence-corrected chi connectivity index (χ1v) is 6.99. The largest absolute Gasteiger partial charge is 0.417 e. The maximum absolute atomic E-state index is 12.4. The number of allylic oxidation sites excluding steroid dienone is 1. The first-order valence-electron chi connectivity index (χ1n) is 6.20. The molecule has 1 aromatic heterocycles. The molecule has 114 valence electrons. The van der Waals surface area contributed by atoms with Gasteiger partial charge in [-0.2, -0.15) is 18.3 Å². The molecule has 0 radical (unpaired) electrons. The van der Waals surface area contributed by atoms with Gasteiger partial charge in [-0.25, -0.2) is 4.98 Å². The maximum atomic E-state index is 12.4. The highest BCUT2D eigenvalue weighted by molar-refractivity contribution is 9.12. The lowest BCUT2D eigenvalue weighted by Crippen LogP contribution is -2.05. The molecular formula is C15H11BrF3N3. The Morgan fingerprint density at radius 2 is 1.86 bits per heavy atom. The number of nitrogens with one attached hydrogen (secondary N) is 1. The van der Waals surface area contributed by atoms with Crippen LogP contribution in [0.4, 0.5) is 19.0 Å². The zero-order valence-corrected chi connectivity index (χ0v) is 12.8. The molecule has 2 aromatic rings. The fourth-order valence-corrected chi connectivity index (χ4v) is 1.90. The number of benzene rings is 1. The molecule has 1 heterocycles. The van der Waals surface area contributed by atoms with E-state index >= 15 is 0 Å². The van der Waals surface area contributed by atoms with Crippen LogP contribution in [-0.4, -0.2) is 11.2 Å². The van der Waals surface area contributed by atoms with Gasteiger partial charge >= 0.3 is 6.18 Å². The Balaban J connectivity index is 1.96. The summed E-state index contributed by atoms with van der Waals surface area (Å²) in [7, 11) is 0. The Kier molecular flexibility index (Phi) is 5.32. The SMILES string of the molecule is FC(F)(F)c1ccc(N/N=C\C(Br)=C\c2ccccc2)nc1. The second kappa shape index (κ2) is 7.22. The lowest BCUT2D eigenvalue weighted by atomic mass is 10.2. The van der Waals surface area contributed by atoms with Gasteiger partial charge in [-0.15, -0.1) is 0 Å². The van der Waals surface area contributed by atoms with Crippen LogP contribution in [0.25, 0.3) is 6.08 Å². The van der Waals surface area contributed by atoms with Gasteiger partial charge < -0.3 is 0 Å². The summed E-state index contributed by atoms with van der Waals surface area (Å²) in [5.74, 6) is 0.226. The molecule has 7 heteroatoms. The van der Waals surface area contributed by atoms with Gasteiger partial charge in [0, 0.05) is 10.7 Å². The molecule has 3 nitrogen and oxygen atoms in total. The van der Waals surface area contributed by atoms with Crippen LogP contribution in [0.15, 0.2) is 58.2 Å². The zero-order valence-electron chi connectivity index (χ0n) is 11.2. The number of anilines is 1. The minimum Gasteiger partial charge on any atom is -0.261 e. The van der Waals surface area contributed by atoms with Gasteiger partial charge in [0.05, 0.1) is 11.8 Å². The van der Waals surface area contributed by atoms with Crippen LogP contribution in [-0.2, 0) is 6.18 Å². The van der Waals surface area contributed by atoms with E-state index in [1.807, 2.05) is 36.4 Å². The molecule has 1 N–H and O–H groups in total. The summed E-state index contributed by atoms with van der Waals surface area (Å²) in [5, 5.41) is 3.90. The third kappa shape index (κ3) is 5.00. The van der Waals surface area contributed by atoms with E-state index < -0.39 is 11.7 Å². The van der Waals surface area contributed by atoms with Gasteiger partial charge in [0.2, 0.25) is 0 Å². The Morgan fingerprint density at radius 1 is 1.14 bits per heavy atom. The smallest absolute Gasteiger partial charge is 0.261 e. The summed E-state index contributed by atoms with van der Waals surface area (Å²) in [6, 6.07) is 11.8. The lowest BCUT2D eigenvalue weighted by Gasteiger charge is -2.06. The van der Waals surface area contributed by atoms with Gasteiger partial charge in [-0.1, -0.05) is 30.3 Å². The van der Waals surface area contributed by atoms with Gasteiger partial charge in [0.15, 0.2) is 0 Å². The minimum atomic E-state index is -4.39. The first kappa shape index (κ1) is 16.2. The number of halogens is 4. The van der Waals surface area contributed by atoms with E-state index in [2.05, 4.69) is 31.4 Å². The van der Waals surface area contributed by atoms with Crippen LogP contribution in [0, 0.1) is 0 Å². The second-order valence-corrected chi connectivity index (χ2v) is 5.16. The number of hydrogen-bond donors (Lipinski definition) is 1. The van der Waals surface area contributed by atoms with Crippen molar-refractivity contribution in [3.63, 3.8) is 0 Å². The molecule has 0 fully saturated rings. The molecule has 0 atom stereocenters. The highest BCUT2D eigenvalue weighted by atomic mass is 79.9. The predicted octanol–water partition coefficient (Wildman–Crippen LogP) is 4.93. The first-order chi connectivity index (χ1) is 10.4. The molecule has 0 bridgehead atoms. The van der Waals surface area contributed by atoms with Crippen LogP contribution in [0.3, 0.4) is 0 Å². The number of hydrazone groups is 1. The molecular weight excluding hydrogens is 359 g/mol. The number of aromatic nitrogens is 1. The summed E-state index contributed by atoms with van der Waals surface area (Å²) < 4.78 is 37.8. The van der Waals surface area contributed by atoms with Crippen molar-refractivity contribution in [3.05, 3.63) is 64.3 Å². The Morgan fingerprint density at radius 3 is 2.45 bits per heavy atom. The highest BCUT2D eigenvalue weighted by Crippen LogP contribution is 2.28. The van der Waals surface area contributed by atoms with Crippen LogP contribution in [0.2, 0.25) is 0 Å². The molecule has 2 rings (SSSR count). The highest BCUT2D eigenvalue weighted by Gasteiger charge is 2.30. The van der Waals surface area contributed by atoms with Crippen molar-refractivity contribution in [1.82, 2.24) is 4.98 Å². The third-order valence-corrected chi connectivity index (χ3v) is 3.00. The molecule has 0 aliphatic carbocycles. The topological polar surface area (TPSA) is 37.3 Å². The number of rotatable bonds is 4. The number of nitrogens with zero attached hydrogens (tertiary/aromatic N) is 2. The standard InChI is InChI=1S/C15H11BrF3N3/c16-13(8-11-4-2-1-3-5-11)10-21-22-14-7-6-12(9-20-14)15(17,18)19/h1-10H,(H,20,22)/b13-8-,21-10-. The molecule has 0 spiro atoms. The van der Waals surface area contributed by atoms with Crippen molar-refractivity contribution in [3.8, 4) is 0 Å². The predicted molar refractivity (Wildman–Crippen MR) is 84.7 cm³/mol. The van der Waals surface area contributed by atoms with Gasteiger partial charge in [0.1, 0.15) is 5.82 Å². The van der Waals surface area contributed by atoms with Crippen LogP contribution < -0.4 is 5.43 Å². The molecule has 0 unspecified atom stereocenters. The van der Waals surface area contributed by atoms with E-state index in [1.165, 1.54) is 12.3 Å². The molecule has 22 heavy (non-hydrogen) atoms. The van der Waals surface area contributed by atoms with E-state index in [-0.39, 0.29) is 5.82 Å². The van der Waals surface area contributed by atoms with E-state index in [9.17, 15) is 13.2 Å². The quantitative estimate of drug-likeness (QED) is 0.612. The molecule has 0 aliphatic rings. The fraction of sp³-hybridized carbons (Fsp3) is 0.0667. The van der Waals surface area contributed by atoms with Crippen LogP contribution >= 0.6 is 15.9 Å². The van der Waals surface area contributed by atoms with Crippen molar-refractivity contribution < 1.29 is 13.2 Å². The number of alkyl halides is 3. The lowest BCUT2D eigenvalue weighted by molar-refractivity contribution is -0.137. The molecule has 0 aliphatic heterocycles. The molecule has 0 amide bonds. The van der Waals surface area contributed by atoms with E-state index in [0.717, 1.165) is 17.8 Å². The average molecular weight is 370 g/mol. The fourth-order valence-electron chi connectivity index (χ4n) is 1.53. The normalized spacial score (nSPS) is 12.6. The van der Waals surface area contributed by atoms with Crippen molar-refractivity contribution in [2.24, 2.45) is 5.10 Å². The molecule has 0 saturated heterocycles. The van der Waals surface area contributed by atoms with Crippen molar-refractivity contribution in [2.75, 3.05) is 5.43 Å².